The number of anilines is 1. The lowest BCUT2D eigenvalue weighted by atomic mass is 10.1. The van der Waals surface area contributed by atoms with E-state index in [1.54, 1.807) is 37.5 Å². The number of amides is 1. The molecule has 0 radical (unpaired) electrons. The number of halogens is 1. The first-order valence-corrected chi connectivity index (χ1v) is 8.05. The Labute approximate surface area is 145 Å². The lowest BCUT2D eigenvalue weighted by molar-refractivity contribution is 0.0960. The van der Waals surface area contributed by atoms with Crippen LogP contribution in [-0.2, 0) is 6.42 Å². The van der Waals surface area contributed by atoms with Gasteiger partial charge >= 0.3 is 5.91 Å². The van der Waals surface area contributed by atoms with Crippen molar-refractivity contribution in [3.05, 3.63) is 71.2 Å². The molecule has 0 bridgehead atoms. The standard InChI is InChI=1S/C19H17ClN2O2/c1-3-13-4-6-14(7-5-13)17-12-21-18(24-17)19(23)22(2)16-10-8-15(20)9-11-16/h4-12H,3H2,1-2H3. The van der Waals surface area contributed by atoms with Gasteiger partial charge in [0.15, 0.2) is 5.76 Å². The molecule has 3 aromatic rings. The van der Waals surface area contributed by atoms with Crippen LogP contribution in [0.3, 0.4) is 0 Å². The maximum atomic E-state index is 12.5. The Balaban J connectivity index is 1.81. The lowest BCUT2D eigenvalue weighted by Crippen LogP contribution is -2.26. The van der Waals surface area contributed by atoms with Gasteiger partial charge < -0.3 is 9.32 Å². The summed E-state index contributed by atoms with van der Waals surface area (Å²) in [6.45, 7) is 2.10. The summed E-state index contributed by atoms with van der Waals surface area (Å²) < 4.78 is 5.64. The van der Waals surface area contributed by atoms with Crippen LogP contribution < -0.4 is 4.90 Å². The van der Waals surface area contributed by atoms with Gasteiger partial charge in [0, 0.05) is 23.3 Å². The average molecular weight is 341 g/mol. The molecule has 122 valence electrons. The first-order chi connectivity index (χ1) is 11.6. The molecule has 5 heteroatoms. The summed E-state index contributed by atoms with van der Waals surface area (Å²) in [5, 5.41) is 0.619. The minimum absolute atomic E-state index is 0.0574. The van der Waals surface area contributed by atoms with Crippen molar-refractivity contribution in [2.75, 3.05) is 11.9 Å². The van der Waals surface area contributed by atoms with Gasteiger partial charge in [0.2, 0.25) is 0 Å². The molecule has 0 aliphatic carbocycles. The summed E-state index contributed by atoms with van der Waals surface area (Å²) >= 11 is 5.87. The number of aromatic nitrogens is 1. The highest BCUT2D eigenvalue weighted by Gasteiger charge is 2.19. The third-order valence-electron chi connectivity index (χ3n) is 3.85. The highest BCUT2D eigenvalue weighted by atomic mass is 35.5. The summed E-state index contributed by atoms with van der Waals surface area (Å²) in [6.07, 6.45) is 2.55. The van der Waals surface area contributed by atoms with E-state index in [0.717, 1.165) is 17.7 Å². The summed E-state index contributed by atoms with van der Waals surface area (Å²) in [5.74, 6) is 0.321. The van der Waals surface area contributed by atoms with Crippen molar-refractivity contribution in [1.29, 1.82) is 0 Å². The predicted molar refractivity (Wildman–Crippen MR) is 95.5 cm³/mol. The highest BCUT2D eigenvalue weighted by molar-refractivity contribution is 6.30. The smallest absolute Gasteiger partial charge is 0.313 e. The summed E-state index contributed by atoms with van der Waals surface area (Å²) in [7, 11) is 1.67. The number of rotatable bonds is 4. The Kier molecular flexibility index (Phi) is 4.67. The number of benzene rings is 2. The third-order valence-corrected chi connectivity index (χ3v) is 4.11. The van der Waals surface area contributed by atoms with E-state index in [1.165, 1.54) is 10.5 Å². The molecule has 0 atom stereocenters. The van der Waals surface area contributed by atoms with Gasteiger partial charge in [-0.1, -0.05) is 42.8 Å². The molecule has 0 N–H and O–H groups in total. The molecule has 0 saturated heterocycles. The van der Waals surface area contributed by atoms with Crippen LogP contribution in [0.15, 0.2) is 59.1 Å². The molecule has 0 fully saturated rings. The molecule has 4 nitrogen and oxygen atoms in total. The van der Waals surface area contributed by atoms with Crippen molar-refractivity contribution in [3.8, 4) is 11.3 Å². The number of aryl methyl sites for hydroxylation is 1. The van der Waals surface area contributed by atoms with E-state index in [0.29, 0.717) is 10.8 Å². The van der Waals surface area contributed by atoms with Crippen LogP contribution >= 0.6 is 11.6 Å². The molecular formula is C19H17ClN2O2. The zero-order chi connectivity index (χ0) is 17.1. The van der Waals surface area contributed by atoms with Crippen molar-refractivity contribution in [2.45, 2.75) is 13.3 Å². The molecule has 0 unspecified atom stereocenters. The number of hydrogen-bond acceptors (Lipinski definition) is 3. The molecular weight excluding hydrogens is 324 g/mol. The Bertz CT molecular complexity index is 839. The van der Waals surface area contributed by atoms with E-state index in [4.69, 9.17) is 16.0 Å². The Hall–Kier alpha value is -2.59. The maximum absolute atomic E-state index is 12.5. The number of hydrogen-bond donors (Lipinski definition) is 0. The molecule has 0 saturated carbocycles. The fraction of sp³-hybridized carbons (Fsp3) is 0.158. The van der Waals surface area contributed by atoms with Gasteiger partial charge in [-0.25, -0.2) is 4.98 Å². The second-order valence-corrected chi connectivity index (χ2v) is 5.86. The number of oxazole rings is 1. The van der Waals surface area contributed by atoms with Crippen molar-refractivity contribution in [2.24, 2.45) is 0 Å². The zero-order valence-electron chi connectivity index (χ0n) is 13.5. The van der Waals surface area contributed by atoms with Gasteiger partial charge in [-0.2, -0.15) is 0 Å². The Morgan fingerprint density at radius 2 is 1.79 bits per heavy atom. The van der Waals surface area contributed by atoms with E-state index in [-0.39, 0.29) is 11.8 Å². The molecule has 2 aromatic carbocycles. The highest BCUT2D eigenvalue weighted by Crippen LogP contribution is 2.23. The van der Waals surface area contributed by atoms with Crippen LogP contribution in [0, 0.1) is 0 Å². The van der Waals surface area contributed by atoms with E-state index in [9.17, 15) is 4.79 Å². The van der Waals surface area contributed by atoms with Crippen molar-refractivity contribution in [1.82, 2.24) is 4.98 Å². The lowest BCUT2D eigenvalue weighted by Gasteiger charge is -2.15. The minimum Gasteiger partial charge on any atom is -0.432 e. The third kappa shape index (κ3) is 3.34. The van der Waals surface area contributed by atoms with Gasteiger partial charge in [0.25, 0.3) is 5.89 Å². The first-order valence-electron chi connectivity index (χ1n) is 7.67. The topological polar surface area (TPSA) is 46.3 Å². The average Bonchev–Trinajstić information content (AvgIpc) is 3.11. The van der Waals surface area contributed by atoms with Gasteiger partial charge in [0.05, 0.1) is 6.20 Å². The van der Waals surface area contributed by atoms with Gasteiger partial charge in [0.1, 0.15) is 0 Å². The van der Waals surface area contributed by atoms with Crippen molar-refractivity contribution >= 4 is 23.2 Å². The van der Waals surface area contributed by atoms with E-state index < -0.39 is 0 Å². The molecule has 0 aliphatic heterocycles. The van der Waals surface area contributed by atoms with Gasteiger partial charge in [-0.3, -0.25) is 4.79 Å². The number of carbonyl (C=O) groups excluding carboxylic acids is 1. The zero-order valence-corrected chi connectivity index (χ0v) is 14.2. The molecule has 0 spiro atoms. The van der Waals surface area contributed by atoms with Gasteiger partial charge in [-0.05, 0) is 36.2 Å². The molecule has 1 amide bonds. The molecule has 24 heavy (non-hydrogen) atoms. The second-order valence-electron chi connectivity index (χ2n) is 5.42. The molecule has 1 aromatic heterocycles. The SMILES string of the molecule is CCc1ccc(-c2cnc(C(=O)N(C)c3ccc(Cl)cc3)o2)cc1. The van der Waals surface area contributed by atoms with Crippen LogP contribution in [0.2, 0.25) is 5.02 Å². The van der Waals surface area contributed by atoms with E-state index in [1.807, 2.05) is 24.3 Å². The predicted octanol–water partition coefficient (Wildman–Crippen LogP) is 4.83. The largest absolute Gasteiger partial charge is 0.432 e. The van der Waals surface area contributed by atoms with Crippen LogP contribution in [0.25, 0.3) is 11.3 Å². The number of carbonyl (C=O) groups is 1. The normalized spacial score (nSPS) is 10.6. The monoisotopic (exact) mass is 340 g/mol. The summed E-state index contributed by atoms with van der Waals surface area (Å²) in [5.41, 5.74) is 2.86. The van der Waals surface area contributed by atoms with Gasteiger partial charge in [-0.15, -0.1) is 0 Å². The Morgan fingerprint density at radius 1 is 1.12 bits per heavy atom. The fourth-order valence-corrected chi connectivity index (χ4v) is 2.46. The minimum atomic E-state index is -0.311. The first kappa shape index (κ1) is 16.3. The fourth-order valence-electron chi connectivity index (χ4n) is 2.34. The van der Waals surface area contributed by atoms with Crippen LogP contribution in [-0.4, -0.2) is 17.9 Å². The van der Waals surface area contributed by atoms with Crippen molar-refractivity contribution < 1.29 is 9.21 Å². The second kappa shape index (κ2) is 6.89. The molecule has 0 aliphatic rings. The molecule has 1 heterocycles. The van der Waals surface area contributed by atoms with E-state index in [2.05, 4.69) is 11.9 Å². The van der Waals surface area contributed by atoms with Crippen molar-refractivity contribution in [3.63, 3.8) is 0 Å². The Morgan fingerprint density at radius 3 is 2.42 bits per heavy atom. The van der Waals surface area contributed by atoms with Crippen LogP contribution in [0.5, 0.6) is 0 Å². The molecule has 3 rings (SSSR count). The van der Waals surface area contributed by atoms with Crippen LogP contribution in [0.4, 0.5) is 5.69 Å². The quantitative estimate of drug-likeness (QED) is 0.683. The van der Waals surface area contributed by atoms with E-state index >= 15 is 0 Å². The summed E-state index contributed by atoms with van der Waals surface area (Å²) in [4.78, 5) is 18.1. The number of nitrogens with zero attached hydrogens (tertiary/aromatic N) is 2. The maximum Gasteiger partial charge on any atom is 0.313 e. The summed E-state index contributed by atoms with van der Waals surface area (Å²) in [6, 6.07) is 15.0. The van der Waals surface area contributed by atoms with Crippen LogP contribution in [0.1, 0.15) is 23.2 Å².